The van der Waals surface area contributed by atoms with Gasteiger partial charge in [0, 0.05) is 24.9 Å². The number of hydrogen-bond donors (Lipinski definition) is 1. The first-order valence-corrected chi connectivity index (χ1v) is 11.0. The lowest BCUT2D eigenvalue weighted by Crippen LogP contribution is -2.53. The number of ether oxygens (including phenoxy) is 1. The summed E-state index contributed by atoms with van der Waals surface area (Å²) in [7, 11) is 0. The number of amides is 1. The van der Waals surface area contributed by atoms with Crippen molar-refractivity contribution in [1.82, 2.24) is 4.90 Å². The standard InChI is InChI=1S/C24H23F7N2O2/c1-12(14-8-15(23(26,27)28)10-16(9-14)24(29,30)31)35-19-11-33-20(34)7-6-18(32)22(33)21(19)13-2-4-17(25)5-3-13/h2-5,8-10,12,18-19,21-22H,6-7,11,32H2,1H3/t12-,18?,19+,21-,22+/m1/s1. The molecule has 2 aromatic carbocycles. The molecule has 2 saturated heterocycles. The highest BCUT2D eigenvalue weighted by atomic mass is 19.4. The molecule has 2 fully saturated rings. The average Bonchev–Trinajstić information content (AvgIpc) is 3.15. The molecular weight excluding hydrogens is 481 g/mol. The van der Waals surface area contributed by atoms with Gasteiger partial charge in [-0.3, -0.25) is 4.79 Å². The van der Waals surface area contributed by atoms with E-state index in [0.29, 0.717) is 24.1 Å². The fourth-order valence-electron chi connectivity index (χ4n) is 4.99. The van der Waals surface area contributed by atoms with Gasteiger partial charge in [0.15, 0.2) is 0 Å². The second-order valence-corrected chi connectivity index (χ2v) is 8.97. The molecule has 4 nitrogen and oxygen atoms in total. The molecule has 4 rings (SSSR count). The first-order chi connectivity index (χ1) is 16.3. The van der Waals surface area contributed by atoms with Crippen molar-refractivity contribution in [3.8, 4) is 0 Å². The molecular formula is C24H23F7N2O2. The maximum Gasteiger partial charge on any atom is 0.416 e. The molecule has 1 amide bonds. The highest BCUT2D eigenvalue weighted by molar-refractivity contribution is 5.78. The fourth-order valence-corrected chi connectivity index (χ4v) is 4.99. The zero-order valence-electron chi connectivity index (χ0n) is 18.5. The van der Waals surface area contributed by atoms with Gasteiger partial charge in [0.25, 0.3) is 0 Å². The number of rotatable bonds is 4. The zero-order chi connectivity index (χ0) is 25.7. The minimum atomic E-state index is -4.99. The summed E-state index contributed by atoms with van der Waals surface area (Å²) < 4.78 is 99.4. The average molecular weight is 504 g/mol. The molecule has 2 aliphatic heterocycles. The van der Waals surface area contributed by atoms with E-state index in [1.54, 1.807) is 4.90 Å². The predicted octanol–water partition coefficient (Wildman–Crippen LogP) is 5.43. The molecule has 0 saturated carbocycles. The summed E-state index contributed by atoms with van der Waals surface area (Å²) in [5.74, 6) is -1.19. The topological polar surface area (TPSA) is 55.6 Å². The van der Waals surface area contributed by atoms with Gasteiger partial charge < -0.3 is 15.4 Å². The lowest BCUT2D eigenvalue weighted by atomic mass is 9.83. The molecule has 0 bridgehead atoms. The maximum absolute atomic E-state index is 13.5. The minimum absolute atomic E-state index is 0.0606. The number of alkyl halides is 6. The molecule has 0 aromatic heterocycles. The number of hydrogen-bond acceptors (Lipinski definition) is 3. The first kappa shape index (κ1) is 25.4. The number of nitrogens with zero attached hydrogens (tertiary/aromatic N) is 1. The van der Waals surface area contributed by atoms with Gasteiger partial charge in [-0.05, 0) is 54.8 Å². The highest BCUT2D eigenvalue weighted by Gasteiger charge is 2.50. The molecule has 5 atom stereocenters. The second kappa shape index (κ2) is 9.09. The van der Waals surface area contributed by atoms with Crippen molar-refractivity contribution in [3.05, 3.63) is 70.5 Å². The van der Waals surface area contributed by atoms with Crippen LogP contribution in [0.4, 0.5) is 30.7 Å². The van der Waals surface area contributed by atoms with Gasteiger partial charge in [-0.2, -0.15) is 26.3 Å². The largest absolute Gasteiger partial charge is 0.416 e. The van der Waals surface area contributed by atoms with E-state index in [9.17, 15) is 35.5 Å². The summed E-state index contributed by atoms with van der Waals surface area (Å²) >= 11 is 0. The number of carbonyl (C=O) groups is 1. The van der Waals surface area contributed by atoms with Gasteiger partial charge in [0.1, 0.15) is 5.82 Å². The first-order valence-electron chi connectivity index (χ1n) is 11.0. The molecule has 2 aromatic rings. The normalized spacial score (nSPS) is 26.1. The lowest BCUT2D eigenvalue weighted by Gasteiger charge is -2.37. The van der Waals surface area contributed by atoms with Crippen molar-refractivity contribution < 1.29 is 40.3 Å². The summed E-state index contributed by atoms with van der Waals surface area (Å²) in [5, 5.41) is 0. The summed E-state index contributed by atoms with van der Waals surface area (Å²) in [6.07, 6.45) is -11.3. The Morgan fingerprint density at radius 1 is 1.00 bits per heavy atom. The highest BCUT2D eigenvalue weighted by Crippen LogP contribution is 2.43. The molecule has 11 heteroatoms. The molecule has 2 N–H and O–H groups in total. The van der Waals surface area contributed by atoms with Crippen LogP contribution in [0.15, 0.2) is 42.5 Å². The van der Waals surface area contributed by atoms with Crippen LogP contribution in [-0.2, 0) is 21.9 Å². The van der Waals surface area contributed by atoms with Crippen LogP contribution in [0.1, 0.15) is 54.0 Å². The monoisotopic (exact) mass is 504 g/mol. The van der Waals surface area contributed by atoms with E-state index in [-0.39, 0.29) is 30.5 Å². The van der Waals surface area contributed by atoms with Crippen LogP contribution in [0.25, 0.3) is 0 Å². The predicted molar refractivity (Wildman–Crippen MR) is 112 cm³/mol. The van der Waals surface area contributed by atoms with Crippen molar-refractivity contribution in [3.63, 3.8) is 0 Å². The van der Waals surface area contributed by atoms with Crippen molar-refractivity contribution in [2.24, 2.45) is 5.73 Å². The molecule has 35 heavy (non-hydrogen) atoms. The van der Waals surface area contributed by atoms with Crippen LogP contribution in [0.3, 0.4) is 0 Å². The maximum atomic E-state index is 13.5. The number of carbonyl (C=O) groups excluding carboxylic acids is 1. The van der Waals surface area contributed by atoms with Crippen LogP contribution in [0.5, 0.6) is 0 Å². The van der Waals surface area contributed by atoms with Crippen molar-refractivity contribution in [2.45, 2.75) is 62.3 Å². The zero-order valence-corrected chi connectivity index (χ0v) is 18.5. The van der Waals surface area contributed by atoms with E-state index in [4.69, 9.17) is 10.5 Å². The third-order valence-corrected chi connectivity index (χ3v) is 6.67. The number of fused-ring (bicyclic) bond motifs is 1. The summed E-state index contributed by atoms with van der Waals surface area (Å²) in [4.78, 5) is 14.1. The van der Waals surface area contributed by atoms with E-state index in [1.165, 1.54) is 31.2 Å². The van der Waals surface area contributed by atoms with Gasteiger partial charge in [0.05, 0.1) is 29.4 Å². The van der Waals surface area contributed by atoms with Crippen LogP contribution in [-0.4, -0.2) is 35.5 Å². The fraction of sp³-hybridized carbons (Fsp3) is 0.458. The van der Waals surface area contributed by atoms with Crippen molar-refractivity contribution in [2.75, 3.05) is 6.54 Å². The third-order valence-electron chi connectivity index (χ3n) is 6.67. The number of piperidine rings is 1. The SMILES string of the molecule is C[C@@H](O[C@H]1CN2C(=O)CCC(N)[C@H]2[C@@H]1c1ccc(F)cc1)c1cc(C(F)(F)F)cc(C(F)(F)F)c1. The van der Waals surface area contributed by atoms with E-state index in [2.05, 4.69) is 0 Å². The van der Waals surface area contributed by atoms with Gasteiger partial charge in [-0.15, -0.1) is 0 Å². The van der Waals surface area contributed by atoms with E-state index in [0.717, 1.165) is 0 Å². The molecule has 2 heterocycles. The quantitative estimate of drug-likeness (QED) is 0.566. The van der Waals surface area contributed by atoms with E-state index >= 15 is 0 Å². The number of halogens is 7. The summed E-state index contributed by atoms with van der Waals surface area (Å²) in [5.41, 5.74) is 3.75. The number of nitrogens with two attached hydrogens (primary N) is 1. The molecule has 0 aliphatic carbocycles. The van der Waals surface area contributed by atoms with Gasteiger partial charge in [-0.25, -0.2) is 4.39 Å². The van der Waals surface area contributed by atoms with E-state index in [1.807, 2.05) is 0 Å². The van der Waals surface area contributed by atoms with Crippen molar-refractivity contribution >= 4 is 5.91 Å². The van der Waals surface area contributed by atoms with Gasteiger partial charge >= 0.3 is 12.4 Å². The van der Waals surface area contributed by atoms with Crippen LogP contribution < -0.4 is 5.73 Å². The smallest absolute Gasteiger partial charge is 0.368 e. The van der Waals surface area contributed by atoms with Crippen molar-refractivity contribution in [1.29, 1.82) is 0 Å². The molecule has 190 valence electrons. The Morgan fingerprint density at radius 2 is 1.57 bits per heavy atom. The lowest BCUT2D eigenvalue weighted by molar-refractivity contribution is -0.143. The minimum Gasteiger partial charge on any atom is -0.368 e. The molecule has 1 unspecified atom stereocenters. The second-order valence-electron chi connectivity index (χ2n) is 8.97. The molecule has 2 aliphatic rings. The summed E-state index contributed by atoms with van der Waals surface area (Å²) in [6.45, 7) is 1.42. The van der Waals surface area contributed by atoms with Gasteiger partial charge in [-0.1, -0.05) is 12.1 Å². The Kier molecular flexibility index (Phi) is 6.60. The molecule has 0 radical (unpaired) electrons. The van der Waals surface area contributed by atoms with Crippen LogP contribution in [0.2, 0.25) is 0 Å². The Bertz CT molecular complexity index is 1050. The Hall–Kier alpha value is -2.66. The van der Waals surface area contributed by atoms with Gasteiger partial charge in [0.2, 0.25) is 5.91 Å². The molecule has 0 spiro atoms. The van der Waals surface area contributed by atoms with Crippen LogP contribution >= 0.6 is 0 Å². The Balaban J connectivity index is 1.70. The summed E-state index contributed by atoms with van der Waals surface area (Å²) in [6, 6.07) is 5.91. The number of benzene rings is 2. The third kappa shape index (κ3) is 5.16. The Labute approximate surface area is 196 Å². The van der Waals surface area contributed by atoms with E-state index < -0.39 is 59.5 Å². The van der Waals surface area contributed by atoms with Crippen LogP contribution in [0, 0.1) is 5.82 Å². The Morgan fingerprint density at radius 3 is 2.11 bits per heavy atom.